The van der Waals surface area contributed by atoms with Gasteiger partial charge in [-0.05, 0) is 295 Å². The number of carbonyl (C=O) groups excluding carboxylic acids is 3. The zero-order valence-corrected chi connectivity index (χ0v) is 69.6. The Labute approximate surface area is 718 Å². The molecule has 0 heterocycles. The lowest BCUT2D eigenvalue weighted by molar-refractivity contribution is 0.0725. The van der Waals surface area contributed by atoms with Gasteiger partial charge in [0, 0.05) is 55.7 Å². The van der Waals surface area contributed by atoms with Gasteiger partial charge in [0.1, 0.15) is 17.2 Å². The summed E-state index contributed by atoms with van der Waals surface area (Å²) in [5.41, 5.74) is 25.7. The number of hydrogen-bond donors (Lipinski definition) is 0. The van der Waals surface area contributed by atoms with E-state index in [1.54, 1.807) is 36.4 Å². The number of anilines is 9. The first-order valence-corrected chi connectivity index (χ1v) is 41.7. The van der Waals surface area contributed by atoms with Crippen molar-refractivity contribution in [3.05, 3.63) is 467 Å². The minimum atomic E-state index is -0.820. The lowest BCUT2D eigenvalue weighted by Gasteiger charge is -2.35. The molecule has 596 valence electrons. The normalized spacial score (nSPS) is 11.3. The molecule has 0 N–H and O–H groups in total. The largest absolute Gasteiger partial charge is 0.423 e. The van der Waals surface area contributed by atoms with Crippen LogP contribution in [0.25, 0.3) is 65.7 Å². The van der Waals surface area contributed by atoms with E-state index in [9.17, 15) is 14.4 Å². The fraction of sp³-hybridized carbons (Fsp3) is 0.0789. The van der Waals surface area contributed by atoms with Crippen molar-refractivity contribution in [1.82, 2.24) is 0 Å². The lowest BCUT2D eigenvalue weighted by atomic mass is 9.67. The number of nitrogens with zero attached hydrogens (tertiary/aromatic N) is 3. The van der Waals surface area contributed by atoms with Gasteiger partial charge in [-0.3, -0.25) is 0 Å². The van der Waals surface area contributed by atoms with E-state index in [0.29, 0.717) is 40.4 Å². The fourth-order valence-electron chi connectivity index (χ4n) is 17.1. The van der Waals surface area contributed by atoms with Gasteiger partial charge in [0.25, 0.3) is 0 Å². The van der Waals surface area contributed by atoms with Gasteiger partial charge in [-0.15, -0.1) is 0 Å². The minimum Gasteiger partial charge on any atom is -0.423 e. The van der Waals surface area contributed by atoms with Crippen molar-refractivity contribution in [3.63, 3.8) is 0 Å². The molecule has 0 aliphatic carbocycles. The topological polar surface area (TPSA) is 88.6 Å². The molecule has 18 aromatic carbocycles. The van der Waals surface area contributed by atoms with Crippen LogP contribution in [0, 0.1) is 41.5 Å². The molecule has 18 rings (SSSR count). The van der Waals surface area contributed by atoms with E-state index in [4.69, 9.17) is 14.2 Å². The molecular formula is C114H89N3O6. The molecule has 0 aromatic heterocycles. The molecular weight excluding hydrogens is 1510 g/mol. The van der Waals surface area contributed by atoms with Crippen LogP contribution in [0.15, 0.2) is 400 Å². The van der Waals surface area contributed by atoms with Gasteiger partial charge in [-0.1, -0.05) is 260 Å². The van der Waals surface area contributed by atoms with Gasteiger partial charge in [0.2, 0.25) is 0 Å². The van der Waals surface area contributed by atoms with Crippen LogP contribution in [0.1, 0.15) is 94.5 Å². The van der Waals surface area contributed by atoms with Crippen molar-refractivity contribution in [3.8, 4) is 50.6 Å². The molecule has 0 amide bonds. The maximum atomic E-state index is 14.1. The molecule has 0 fully saturated rings. The summed E-state index contributed by atoms with van der Waals surface area (Å²) in [6.07, 6.45) is 0.572. The number of ether oxygens (including phenoxy) is 3. The first-order valence-electron chi connectivity index (χ1n) is 41.7. The van der Waals surface area contributed by atoms with Gasteiger partial charge in [-0.2, -0.15) is 0 Å². The van der Waals surface area contributed by atoms with Crippen LogP contribution in [0.4, 0.5) is 51.2 Å². The number of hydrogen-bond acceptors (Lipinski definition) is 9. The van der Waals surface area contributed by atoms with Crippen LogP contribution in [0.2, 0.25) is 0 Å². The fourth-order valence-corrected chi connectivity index (χ4v) is 17.1. The SMILES string of the molecule is CCC(c1ccc(OC(=O)c2ccc(-c3ccc(N(c4ccc(C)cc4)c4cccc5c(C)cccc45)cc3)cc2)cc1)(c1ccc(OC(=O)c2ccc(-c3ccc(N(c4ccc(C)cc4)c4cccc5c(C)cccc45)cc3)cc2)cc1)c1ccc(OC(=O)c2ccc(-c3ccc(N(c4ccc(C)cc4)c4cccc5c(C)cccc45)cc3)cc2)cc1. The standard InChI is InChI=1S/C114H89N3O6/c1-8-114(90-51-69-99(70-52-90)121-111(118)87-39-33-81(34-40-87)84-45-63-96(64-46-84)115(93-57-27-75(2)28-58-93)108-24-12-18-102-78(5)15-9-21-105(102)108,91-53-71-100(72-54-91)122-112(119)88-41-35-82(36-42-88)85-47-65-97(66-48-85)116(94-59-29-76(3)30-60-94)109-25-13-19-103-79(6)16-10-22-106(103)109)92-55-73-101(74-56-92)123-113(120)89-43-37-83(38-44-89)86-49-67-98(68-50-86)117(95-61-31-77(4)32-62-95)110-26-14-20-104-80(7)17-11-23-107(104)110/h9-74H,8H2,1-7H3. The Bertz CT molecular complexity index is 6250. The zero-order chi connectivity index (χ0) is 84.2. The maximum absolute atomic E-state index is 14.1. The summed E-state index contributed by atoms with van der Waals surface area (Å²) in [6, 6.07) is 136. The summed E-state index contributed by atoms with van der Waals surface area (Å²) in [4.78, 5) is 49.2. The van der Waals surface area contributed by atoms with Gasteiger partial charge in [0.15, 0.2) is 0 Å². The smallest absolute Gasteiger partial charge is 0.343 e. The quantitative estimate of drug-likeness (QED) is 0.0374. The van der Waals surface area contributed by atoms with Crippen molar-refractivity contribution in [2.24, 2.45) is 0 Å². The Kier molecular flexibility index (Phi) is 21.8. The number of fused-ring (bicyclic) bond motifs is 3. The number of rotatable bonds is 22. The summed E-state index contributed by atoms with van der Waals surface area (Å²) < 4.78 is 18.4. The molecule has 123 heavy (non-hydrogen) atoms. The average molecular weight is 1600 g/mol. The second-order valence-corrected chi connectivity index (χ2v) is 31.7. The number of benzene rings is 18. The number of esters is 3. The van der Waals surface area contributed by atoms with Crippen LogP contribution in [0.5, 0.6) is 17.2 Å². The highest BCUT2D eigenvalue weighted by atomic mass is 16.5. The van der Waals surface area contributed by atoms with Crippen molar-refractivity contribution in [1.29, 1.82) is 0 Å². The highest BCUT2D eigenvalue weighted by molar-refractivity contribution is 6.04. The minimum absolute atomic E-state index is 0.371. The van der Waals surface area contributed by atoms with E-state index in [1.807, 2.05) is 109 Å². The van der Waals surface area contributed by atoms with E-state index >= 15 is 0 Å². The second kappa shape index (κ2) is 34.1. The number of aryl methyl sites for hydroxylation is 6. The van der Waals surface area contributed by atoms with Crippen LogP contribution >= 0.6 is 0 Å². The first-order chi connectivity index (χ1) is 60.1. The molecule has 0 bridgehead atoms. The van der Waals surface area contributed by atoms with E-state index in [2.05, 4.69) is 318 Å². The summed E-state index contributed by atoms with van der Waals surface area (Å²) in [7, 11) is 0. The predicted molar refractivity (Wildman–Crippen MR) is 505 cm³/mol. The third-order valence-electron chi connectivity index (χ3n) is 23.9. The molecule has 9 nitrogen and oxygen atoms in total. The first kappa shape index (κ1) is 78.7. The Morgan fingerprint density at radius 3 is 0.659 bits per heavy atom. The van der Waals surface area contributed by atoms with Gasteiger partial charge in [0.05, 0.1) is 33.8 Å². The van der Waals surface area contributed by atoms with Crippen molar-refractivity contribution >= 4 is 101 Å². The summed E-state index contributed by atoms with van der Waals surface area (Å²) in [6.45, 7) is 14.9. The Morgan fingerprint density at radius 2 is 0.431 bits per heavy atom. The summed E-state index contributed by atoms with van der Waals surface area (Å²) in [5.74, 6) is -0.369. The highest BCUT2D eigenvalue weighted by Crippen LogP contribution is 2.47. The average Bonchev–Trinajstić information content (AvgIpc) is 0.748. The van der Waals surface area contributed by atoms with E-state index in [1.165, 1.54) is 65.7 Å². The molecule has 0 aliphatic rings. The second-order valence-electron chi connectivity index (χ2n) is 31.7. The number of carbonyl (C=O) groups is 3. The highest BCUT2D eigenvalue weighted by Gasteiger charge is 2.36. The van der Waals surface area contributed by atoms with Crippen LogP contribution in [-0.2, 0) is 5.41 Å². The van der Waals surface area contributed by atoms with Crippen LogP contribution in [-0.4, -0.2) is 17.9 Å². The van der Waals surface area contributed by atoms with Crippen molar-refractivity contribution in [2.45, 2.75) is 60.3 Å². The van der Waals surface area contributed by atoms with Crippen molar-refractivity contribution < 1.29 is 28.6 Å². The van der Waals surface area contributed by atoms with E-state index in [-0.39, 0.29) is 0 Å². The lowest BCUT2D eigenvalue weighted by Crippen LogP contribution is -2.28. The summed E-state index contributed by atoms with van der Waals surface area (Å²) >= 11 is 0. The summed E-state index contributed by atoms with van der Waals surface area (Å²) in [5, 5.41) is 7.15. The predicted octanol–water partition coefficient (Wildman–Crippen LogP) is 29.8. The zero-order valence-electron chi connectivity index (χ0n) is 69.6. The monoisotopic (exact) mass is 1600 g/mol. The van der Waals surface area contributed by atoms with Crippen LogP contribution in [0.3, 0.4) is 0 Å². The van der Waals surface area contributed by atoms with Crippen molar-refractivity contribution in [2.75, 3.05) is 14.7 Å². The van der Waals surface area contributed by atoms with Gasteiger partial charge >= 0.3 is 17.9 Å². The molecule has 0 radical (unpaired) electrons. The van der Waals surface area contributed by atoms with Crippen LogP contribution < -0.4 is 28.9 Å². The molecule has 0 saturated carbocycles. The van der Waals surface area contributed by atoms with E-state index < -0.39 is 23.3 Å². The maximum Gasteiger partial charge on any atom is 0.343 e. The van der Waals surface area contributed by atoms with E-state index in [0.717, 1.165) is 101 Å². The molecule has 9 heteroatoms. The molecule has 0 spiro atoms. The third kappa shape index (κ3) is 16.0. The molecule has 0 aliphatic heterocycles. The molecule has 0 unspecified atom stereocenters. The Hall–Kier alpha value is -15.5. The Balaban J connectivity index is 0.585. The van der Waals surface area contributed by atoms with Gasteiger partial charge < -0.3 is 28.9 Å². The molecule has 18 aromatic rings. The third-order valence-corrected chi connectivity index (χ3v) is 23.9. The Morgan fingerprint density at radius 1 is 0.228 bits per heavy atom. The van der Waals surface area contributed by atoms with Gasteiger partial charge in [-0.25, -0.2) is 14.4 Å². The molecule has 0 saturated heterocycles. The molecule has 0 atom stereocenters.